The summed E-state index contributed by atoms with van der Waals surface area (Å²) in [5.74, 6) is -0.141. The standard InChI is InChI=1S/C25H36F2N4O2S/c1-16-8-9-24(17-6-4-3-5-7-17)34(32,33)31(16)12-18-10-22(27)23(11-21(18)26)30-13-19-20(14-30)25(19)29(2)15-28/h10-11,15-17,19-20,24-25,28H,3-9,12-14H2,1-2H3/t16-,19-,20+,24?,25?/m0/s1. The molecule has 9 heteroatoms. The summed E-state index contributed by atoms with van der Waals surface area (Å²) in [5.41, 5.74) is 0.353. The van der Waals surface area contributed by atoms with Gasteiger partial charge in [-0.15, -0.1) is 0 Å². The van der Waals surface area contributed by atoms with Gasteiger partial charge in [-0.25, -0.2) is 17.2 Å². The Morgan fingerprint density at radius 1 is 1.06 bits per heavy atom. The third-order valence-electron chi connectivity index (χ3n) is 8.85. The highest BCUT2D eigenvalue weighted by molar-refractivity contribution is 7.89. The molecule has 5 atom stereocenters. The Morgan fingerprint density at radius 2 is 1.74 bits per heavy atom. The number of hydrogen-bond acceptors (Lipinski definition) is 4. The summed E-state index contributed by atoms with van der Waals surface area (Å²) in [6, 6.07) is 2.52. The van der Waals surface area contributed by atoms with Crippen LogP contribution >= 0.6 is 0 Å². The molecule has 0 bridgehead atoms. The third kappa shape index (κ3) is 4.12. The van der Waals surface area contributed by atoms with Crippen molar-refractivity contribution >= 4 is 22.0 Å². The lowest BCUT2D eigenvalue weighted by Gasteiger charge is -2.41. The van der Waals surface area contributed by atoms with Gasteiger partial charge in [-0.05, 0) is 44.6 Å². The van der Waals surface area contributed by atoms with E-state index in [1.807, 2.05) is 23.8 Å². The van der Waals surface area contributed by atoms with Crippen LogP contribution in [-0.4, -0.2) is 61.4 Å². The van der Waals surface area contributed by atoms with Crippen LogP contribution in [0.1, 0.15) is 57.4 Å². The Bertz CT molecular complexity index is 1030. The number of rotatable bonds is 6. The van der Waals surface area contributed by atoms with Crippen LogP contribution in [0.25, 0.3) is 0 Å². The SMILES string of the molecule is C[C@H]1CCC(C2CCCCC2)S(=O)(=O)N1Cc1cc(F)c(N2C[C@@H]3C(N(C)C=N)[C@@H]3C2)cc1F. The Balaban J connectivity index is 1.32. The highest BCUT2D eigenvalue weighted by Crippen LogP contribution is 2.49. The van der Waals surface area contributed by atoms with Gasteiger partial charge >= 0.3 is 0 Å². The van der Waals surface area contributed by atoms with Gasteiger partial charge in [-0.3, -0.25) is 5.41 Å². The van der Waals surface area contributed by atoms with Crippen LogP contribution in [0.3, 0.4) is 0 Å². The van der Waals surface area contributed by atoms with Gasteiger partial charge in [0.25, 0.3) is 0 Å². The van der Waals surface area contributed by atoms with Gasteiger partial charge in [0.2, 0.25) is 10.0 Å². The summed E-state index contributed by atoms with van der Waals surface area (Å²) in [5, 5.41) is 7.00. The number of piperidine rings is 1. The monoisotopic (exact) mass is 494 g/mol. The minimum Gasteiger partial charge on any atom is -0.368 e. The first-order chi connectivity index (χ1) is 16.2. The molecule has 0 spiro atoms. The Hall–Kier alpha value is -1.74. The largest absolute Gasteiger partial charge is 0.368 e. The van der Waals surface area contributed by atoms with E-state index in [4.69, 9.17) is 5.41 Å². The fourth-order valence-electron chi connectivity index (χ4n) is 6.84. The zero-order chi connectivity index (χ0) is 24.2. The molecule has 4 fully saturated rings. The third-order valence-corrected chi connectivity index (χ3v) is 11.4. The fourth-order valence-corrected chi connectivity index (χ4v) is 9.31. The van der Waals surface area contributed by atoms with E-state index < -0.39 is 26.9 Å². The van der Waals surface area contributed by atoms with Crippen LogP contribution < -0.4 is 4.90 Å². The Labute approximate surface area is 201 Å². The summed E-state index contributed by atoms with van der Waals surface area (Å²) in [7, 11) is -1.70. The molecule has 2 saturated heterocycles. The number of hydrogen-bond donors (Lipinski definition) is 1. The van der Waals surface area contributed by atoms with Gasteiger partial charge in [-0.1, -0.05) is 19.3 Å². The second-order valence-electron chi connectivity index (χ2n) is 10.9. The predicted octanol–water partition coefficient (Wildman–Crippen LogP) is 4.20. The molecule has 2 aliphatic heterocycles. The number of halogens is 2. The fraction of sp³-hybridized carbons (Fsp3) is 0.720. The molecule has 188 valence electrons. The highest BCUT2D eigenvalue weighted by Gasteiger charge is 2.57. The molecular formula is C25H36F2N4O2S. The topological polar surface area (TPSA) is 67.7 Å². The minimum atomic E-state index is -3.57. The molecule has 0 radical (unpaired) electrons. The lowest BCUT2D eigenvalue weighted by atomic mass is 9.85. The first-order valence-electron chi connectivity index (χ1n) is 12.7. The number of nitrogens with zero attached hydrogens (tertiary/aromatic N) is 3. The van der Waals surface area contributed by atoms with E-state index in [1.165, 1.54) is 29.2 Å². The number of anilines is 1. The van der Waals surface area contributed by atoms with Crippen LogP contribution in [0.5, 0.6) is 0 Å². The molecular weight excluding hydrogens is 458 g/mol. The van der Waals surface area contributed by atoms with Crippen molar-refractivity contribution in [2.75, 3.05) is 25.0 Å². The lowest BCUT2D eigenvalue weighted by Crippen LogP contribution is -2.50. The molecule has 2 unspecified atom stereocenters. The van der Waals surface area contributed by atoms with E-state index in [-0.39, 0.29) is 29.8 Å². The molecule has 1 aromatic rings. The molecule has 6 nitrogen and oxygen atoms in total. The average molecular weight is 495 g/mol. The quantitative estimate of drug-likeness (QED) is 0.475. The average Bonchev–Trinajstić information content (AvgIpc) is 3.31. The van der Waals surface area contributed by atoms with Crippen molar-refractivity contribution in [2.45, 2.75) is 75.7 Å². The lowest BCUT2D eigenvalue weighted by molar-refractivity contribution is 0.241. The maximum absolute atomic E-state index is 15.2. The van der Waals surface area contributed by atoms with Crippen molar-refractivity contribution < 1.29 is 17.2 Å². The van der Waals surface area contributed by atoms with Crippen LogP contribution in [-0.2, 0) is 16.6 Å². The van der Waals surface area contributed by atoms with Crippen molar-refractivity contribution in [1.29, 1.82) is 5.41 Å². The summed E-state index contributed by atoms with van der Waals surface area (Å²) in [4.78, 5) is 3.76. The first-order valence-corrected chi connectivity index (χ1v) is 14.2. The van der Waals surface area contributed by atoms with Crippen LogP contribution in [0.2, 0.25) is 0 Å². The normalized spacial score (nSPS) is 33.5. The van der Waals surface area contributed by atoms with Crippen molar-refractivity contribution in [1.82, 2.24) is 9.21 Å². The van der Waals surface area contributed by atoms with Crippen molar-refractivity contribution in [3.63, 3.8) is 0 Å². The van der Waals surface area contributed by atoms with Crippen LogP contribution in [0, 0.1) is 34.8 Å². The van der Waals surface area contributed by atoms with Gasteiger partial charge < -0.3 is 9.80 Å². The number of nitrogens with one attached hydrogen (secondary N) is 1. The molecule has 0 aromatic heterocycles. The van der Waals surface area contributed by atoms with E-state index in [0.29, 0.717) is 37.4 Å². The molecule has 4 aliphatic rings. The first kappa shape index (κ1) is 24.0. The van der Waals surface area contributed by atoms with Crippen molar-refractivity contribution in [2.24, 2.45) is 17.8 Å². The van der Waals surface area contributed by atoms with Gasteiger partial charge in [0.05, 0.1) is 17.3 Å². The number of benzene rings is 1. The molecule has 34 heavy (non-hydrogen) atoms. The highest BCUT2D eigenvalue weighted by atomic mass is 32.2. The zero-order valence-corrected chi connectivity index (χ0v) is 20.9. The van der Waals surface area contributed by atoms with Crippen molar-refractivity contribution in [3.8, 4) is 0 Å². The van der Waals surface area contributed by atoms with Crippen LogP contribution in [0.15, 0.2) is 12.1 Å². The van der Waals surface area contributed by atoms with Crippen LogP contribution in [0.4, 0.5) is 14.5 Å². The molecule has 1 aromatic carbocycles. The zero-order valence-electron chi connectivity index (χ0n) is 20.1. The van der Waals surface area contributed by atoms with Gasteiger partial charge in [0.1, 0.15) is 11.6 Å². The molecule has 5 rings (SSSR count). The van der Waals surface area contributed by atoms with Crippen molar-refractivity contribution in [3.05, 3.63) is 29.3 Å². The van der Waals surface area contributed by atoms with E-state index in [9.17, 15) is 8.42 Å². The maximum Gasteiger partial charge on any atom is 0.217 e. The number of sulfonamides is 1. The van der Waals surface area contributed by atoms with Gasteiger partial charge in [-0.2, -0.15) is 4.31 Å². The smallest absolute Gasteiger partial charge is 0.217 e. The molecule has 1 N–H and O–H groups in total. The Morgan fingerprint density at radius 3 is 2.38 bits per heavy atom. The summed E-state index contributed by atoms with van der Waals surface area (Å²) in [6.07, 6.45) is 7.93. The molecule has 2 aliphatic carbocycles. The summed E-state index contributed by atoms with van der Waals surface area (Å²) >= 11 is 0. The molecule has 2 heterocycles. The van der Waals surface area contributed by atoms with E-state index in [0.717, 1.165) is 32.1 Å². The minimum absolute atomic E-state index is 0.103. The Kier molecular flexibility index (Phi) is 6.38. The second kappa shape index (κ2) is 9.04. The van der Waals surface area contributed by atoms with E-state index in [2.05, 4.69) is 0 Å². The van der Waals surface area contributed by atoms with Gasteiger partial charge in [0.15, 0.2) is 0 Å². The maximum atomic E-state index is 15.2. The molecule has 2 saturated carbocycles. The van der Waals surface area contributed by atoms with Gasteiger partial charge in [0, 0.05) is 62.2 Å². The number of fused-ring (bicyclic) bond motifs is 1. The molecule has 0 amide bonds. The predicted molar refractivity (Wildman–Crippen MR) is 129 cm³/mol. The van der Waals surface area contributed by atoms with E-state index in [1.54, 1.807) is 0 Å². The summed E-state index contributed by atoms with van der Waals surface area (Å²) in [6.45, 7) is 3.04. The summed E-state index contributed by atoms with van der Waals surface area (Å²) < 4.78 is 58.8. The van der Waals surface area contributed by atoms with E-state index >= 15 is 8.78 Å². The second-order valence-corrected chi connectivity index (χ2v) is 13.0.